The highest BCUT2D eigenvalue weighted by Gasteiger charge is 2.55. The van der Waals surface area contributed by atoms with Crippen molar-refractivity contribution in [3.8, 4) is 17.2 Å². The molecule has 4 aromatic rings. The first-order valence-electron chi connectivity index (χ1n) is 20.1. The van der Waals surface area contributed by atoms with Crippen LogP contribution in [0, 0.1) is 18.8 Å². The number of fused-ring (bicyclic) bond motifs is 4. The largest absolute Gasteiger partial charge is 0.493 e. The average Bonchev–Trinajstić information content (AvgIpc) is 3.73. The predicted molar refractivity (Wildman–Crippen MR) is 218 cm³/mol. The summed E-state index contributed by atoms with van der Waals surface area (Å²) in [6, 6.07) is 20.1. The maximum Gasteiger partial charge on any atom is 0.331 e. The normalized spacial score (nSPS) is 25.4. The van der Waals surface area contributed by atoms with Gasteiger partial charge >= 0.3 is 5.97 Å². The van der Waals surface area contributed by atoms with Crippen LogP contribution in [0.2, 0.25) is 5.02 Å². The molecule has 12 heteroatoms. The maximum absolute atomic E-state index is 13.6. The van der Waals surface area contributed by atoms with E-state index in [9.17, 15) is 13.2 Å². The number of aromatic nitrogens is 1. The molecular weight excluding hydrogens is 764 g/mol. The second-order valence-electron chi connectivity index (χ2n) is 16.6. The van der Waals surface area contributed by atoms with Crippen LogP contribution in [0.5, 0.6) is 17.2 Å². The number of pyridine rings is 1. The van der Waals surface area contributed by atoms with Crippen LogP contribution >= 0.6 is 11.6 Å². The SMILES string of the molecule is COC(=O)C1(Nc2cccc(Cl)c2)CCC2(CC1)c1cc3c(cc1C[C@@H]2C[C@@H](C)COc1ccnc2c1[C@H](C)CCC2)OC(COS(=O)(=O)c1ccc(C)cc1)O3. The Kier molecular flexibility index (Phi) is 10.9. The van der Waals surface area contributed by atoms with Gasteiger partial charge in [-0.2, -0.15) is 8.42 Å². The third-order valence-electron chi connectivity index (χ3n) is 12.7. The van der Waals surface area contributed by atoms with Gasteiger partial charge in [-0.1, -0.05) is 49.2 Å². The molecule has 1 unspecified atom stereocenters. The van der Waals surface area contributed by atoms with Crippen molar-refractivity contribution in [2.45, 2.75) is 107 Å². The number of hydrogen-bond acceptors (Lipinski definition) is 10. The van der Waals surface area contributed by atoms with Gasteiger partial charge in [-0.05, 0) is 148 Å². The lowest BCUT2D eigenvalue weighted by atomic mass is 9.59. The molecule has 1 fully saturated rings. The van der Waals surface area contributed by atoms with E-state index in [0.29, 0.717) is 41.9 Å². The van der Waals surface area contributed by atoms with Gasteiger partial charge in [0.15, 0.2) is 11.5 Å². The Bertz CT molecular complexity index is 2240. The number of rotatable bonds is 12. The molecule has 0 amide bonds. The summed E-state index contributed by atoms with van der Waals surface area (Å²) >= 11 is 6.35. The van der Waals surface area contributed by atoms with Crippen molar-refractivity contribution in [1.29, 1.82) is 0 Å². The Morgan fingerprint density at radius 2 is 1.79 bits per heavy atom. The minimum atomic E-state index is -4.00. The lowest BCUT2D eigenvalue weighted by molar-refractivity contribution is -0.148. The Balaban J connectivity index is 1.03. The molecule has 1 aromatic heterocycles. The van der Waals surface area contributed by atoms with Gasteiger partial charge in [-0.3, -0.25) is 9.17 Å². The highest BCUT2D eigenvalue weighted by Crippen LogP contribution is 2.58. The van der Waals surface area contributed by atoms with Gasteiger partial charge in [-0.15, -0.1) is 0 Å². The van der Waals surface area contributed by atoms with Crippen molar-refractivity contribution in [3.05, 3.63) is 106 Å². The fourth-order valence-electron chi connectivity index (χ4n) is 9.77. The number of halogens is 1. The second-order valence-corrected chi connectivity index (χ2v) is 18.6. The fourth-order valence-corrected chi connectivity index (χ4v) is 10.9. The molecule has 1 spiro atoms. The van der Waals surface area contributed by atoms with Gasteiger partial charge < -0.3 is 24.3 Å². The van der Waals surface area contributed by atoms with Gasteiger partial charge in [0.25, 0.3) is 16.4 Å². The van der Waals surface area contributed by atoms with Crippen LogP contribution in [0.1, 0.15) is 92.7 Å². The fraction of sp³-hybridized carbons (Fsp3) is 0.467. The number of aryl methyl sites for hydroxylation is 2. The number of methoxy groups -OCH3 is 1. The number of nitrogens with one attached hydrogen (secondary N) is 1. The average molecular weight is 815 g/mol. The molecule has 3 aliphatic carbocycles. The Morgan fingerprint density at radius 3 is 2.53 bits per heavy atom. The molecule has 1 saturated carbocycles. The van der Waals surface area contributed by atoms with E-state index < -0.39 is 21.9 Å². The number of anilines is 1. The van der Waals surface area contributed by atoms with Crippen molar-refractivity contribution in [1.82, 2.24) is 4.98 Å². The molecule has 0 saturated heterocycles. The van der Waals surface area contributed by atoms with E-state index in [2.05, 4.69) is 36.3 Å². The highest BCUT2D eigenvalue weighted by atomic mass is 35.5. The molecule has 3 aromatic carbocycles. The Morgan fingerprint density at radius 1 is 1.04 bits per heavy atom. The van der Waals surface area contributed by atoms with Gasteiger partial charge in [0.05, 0.1) is 18.6 Å². The van der Waals surface area contributed by atoms with Crippen LogP contribution in [0.3, 0.4) is 0 Å². The summed E-state index contributed by atoms with van der Waals surface area (Å²) in [5.41, 5.74) is 5.31. The van der Waals surface area contributed by atoms with Gasteiger partial charge in [-0.25, -0.2) is 4.79 Å². The minimum Gasteiger partial charge on any atom is -0.493 e. The summed E-state index contributed by atoms with van der Waals surface area (Å²) in [5.74, 6) is 2.72. The molecule has 10 nitrogen and oxygen atoms in total. The van der Waals surface area contributed by atoms with E-state index in [4.69, 9.17) is 34.7 Å². The van der Waals surface area contributed by atoms with E-state index in [1.165, 1.54) is 35.9 Å². The van der Waals surface area contributed by atoms with Crippen molar-refractivity contribution in [3.63, 3.8) is 0 Å². The molecular formula is C45H51ClN2O8S. The molecule has 57 heavy (non-hydrogen) atoms. The highest BCUT2D eigenvalue weighted by molar-refractivity contribution is 7.86. The van der Waals surface area contributed by atoms with E-state index >= 15 is 0 Å². The number of esters is 1. The smallest absolute Gasteiger partial charge is 0.331 e. The molecule has 4 atom stereocenters. The Labute approximate surface area is 340 Å². The first-order chi connectivity index (χ1) is 27.4. The van der Waals surface area contributed by atoms with E-state index in [1.807, 2.05) is 43.5 Å². The van der Waals surface area contributed by atoms with Crippen molar-refractivity contribution < 1.29 is 36.3 Å². The lowest BCUT2D eigenvalue weighted by Crippen LogP contribution is -2.53. The number of ether oxygens (including phenoxy) is 4. The van der Waals surface area contributed by atoms with Crippen LogP contribution in [0.25, 0.3) is 0 Å². The predicted octanol–water partition coefficient (Wildman–Crippen LogP) is 9.10. The van der Waals surface area contributed by atoms with Crippen LogP contribution < -0.4 is 19.5 Å². The van der Waals surface area contributed by atoms with Crippen molar-refractivity contribution in [2.75, 3.05) is 25.6 Å². The Hall–Kier alpha value is -4.32. The number of benzene rings is 3. The van der Waals surface area contributed by atoms with Crippen LogP contribution in [-0.2, 0) is 42.1 Å². The number of carbonyl (C=O) groups is 1. The van der Waals surface area contributed by atoms with E-state index in [0.717, 1.165) is 67.6 Å². The van der Waals surface area contributed by atoms with E-state index in [1.54, 1.807) is 12.1 Å². The van der Waals surface area contributed by atoms with Crippen LogP contribution in [-0.4, -0.2) is 51.5 Å². The van der Waals surface area contributed by atoms with Gasteiger partial charge in [0.2, 0.25) is 0 Å². The summed E-state index contributed by atoms with van der Waals surface area (Å²) in [5, 5.41) is 4.12. The molecule has 0 radical (unpaired) electrons. The first-order valence-corrected chi connectivity index (χ1v) is 21.9. The quantitative estimate of drug-likeness (QED) is 0.110. The van der Waals surface area contributed by atoms with E-state index in [-0.39, 0.29) is 34.7 Å². The molecule has 1 aliphatic heterocycles. The summed E-state index contributed by atoms with van der Waals surface area (Å²) in [4.78, 5) is 18.4. The molecule has 0 bridgehead atoms. The number of nitrogens with zero attached hydrogens (tertiary/aromatic N) is 1. The van der Waals surface area contributed by atoms with Crippen LogP contribution in [0.15, 0.2) is 77.8 Å². The zero-order chi connectivity index (χ0) is 40.0. The third-order valence-corrected chi connectivity index (χ3v) is 14.2. The molecule has 302 valence electrons. The summed E-state index contributed by atoms with van der Waals surface area (Å²) in [6.45, 7) is 6.71. The third kappa shape index (κ3) is 7.82. The van der Waals surface area contributed by atoms with Gasteiger partial charge in [0, 0.05) is 28.2 Å². The topological polar surface area (TPSA) is 122 Å². The van der Waals surface area contributed by atoms with Crippen molar-refractivity contribution in [2.24, 2.45) is 11.8 Å². The standard InChI is InChI=1S/C45H51ClN2O8S/c1-28-11-13-35(14-12-28)57(50,51)54-27-41-55-39-23-31-22-32(21-29(2)26-53-38-15-20-47-37-10-5-7-30(3)42(37)38)44(36(31)25-40(39)56-41)16-18-45(19-17-44,43(49)52-4)48-34-9-6-8-33(46)24-34/h6,8-9,11-15,20,23-25,29-30,32,41,48H,5,7,10,16-19,21-22,26-27H2,1-4H3/t29-,30-,32+,41?,44?,45?/m1/s1. The molecule has 1 N–H and O–H groups in total. The zero-order valence-corrected chi connectivity index (χ0v) is 34.6. The van der Waals surface area contributed by atoms with Crippen LogP contribution in [0.4, 0.5) is 5.69 Å². The monoisotopic (exact) mass is 814 g/mol. The molecule has 2 heterocycles. The maximum atomic E-state index is 13.6. The molecule has 8 rings (SSSR count). The minimum absolute atomic E-state index is 0.0788. The zero-order valence-electron chi connectivity index (χ0n) is 33.0. The lowest BCUT2D eigenvalue weighted by Gasteiger charge is -2.47. The number of carbonyl (C=O) groups excluding carboxylic acids is 1. The first kappa shape index (κ1) is 39.5. The number of hydrogen-bond donors (Lipinski definition) is 1. The summed E-state index contributed by atoms with van der Waals surface area (Å²) in [7, 11) is -2.56. The summed E-state index contributed by atoms with van der Waals surface area (Å²) < 4.78 is 55.7. The van der Waals surface area contributed by atoms with Crippen molar-refractivity contribution >= 4 is 33.4 Å². The second kappa shape index (κ2) is 15.8. The summed E-state index contributed by atoms with van der Waals surface area (Å²) in [6.07, 6.45) is 8.56. The van der Waals surface area contributed by atoms with Gasteiger partial charge in [0.1, 0.15) is 17.9 Å². The molecule has 4 aliphatic rings.